The number of rotatable bonds is 3. The van der Waals surface area contributed by atoms with Gasteiger partial charge in [-0.1, -0.05) is 13.8 Å². The minimum Gasteiger partial charge on any atom is -0.396 e. The Morgan fingerprint density at radius 2 is 2.14 bits per heavy atom. The van der Waals surface area contributed by atoms with Crippen molar-refractivity contribution in [1.29, 1.82) is 0 Å². The van der Waals surface area contributed by atoms with Gasteiger partial charge in [-0.3, -0.25) is 0 Å². The summed E-state index contributed by atoms with van der Waals surface area (Å²) in [4.78, 5) is 1.18. The van der Waals surface area contributed by atoms with E-state index in [1.54, 1.807) is 11.3 Å². The summed E-state index contributed by atoms with van der Waals surface area (Å²) in [6.45, 7) is 6.14. The molecule has 1 aromatic rings. The first-order valence-electron chi connectivity index (χ1n) is 4.39. The van der Waals surface area contributed by atoms with Crippen molar-refractivity contribution >= 4 is 23.7 Å². The molecule has 14 heavy (non-hydrogen) atoms. The summed E-state index contributed by atoms with van der Waals surface area (Å²) in [5.41, 5.74) is 7.06. The van der Waals surface area contributed by atoms with Gasteiger partial charge in [-0.25, -0.2) is 0 Å². The quantitative estimate of drug-likeness (QED) is 0.846. The van der Waals surface area contributed by atoms with Gasteiger partial charge in [-0.05, 0) is 23.9 Å². The standard InChI is InChI=1S/C10H17NOS.ClH/c1-7-4-5-13-8(7)9(11)10(2,3)6-12;/h4-5,9,12H,6,11H2,1-3H3;1H/t9-;/m0./s1. The molecule has 0 unspecified atom stereocenters. The van der Waals surface area contributed by atoms with Crippen LogP contribution in [0.1, 0.15) is 30.3 Å². The van der Waals surface area contributed by atoms with E-state index in [1.807, 2.05) is 19.2 Å². The number of thiophene rings is 1. The lowest BCUT2D eigenvalue weighted by molar-refractivity contribution is 0.133. The average molecular weight is 236 g/mol. The van der Waals surface area contributed by atoms with Crippen LogP contribution in [0.4, 0.5) is 0 Å². The molecule has 2 nitrogen and oxygen atoms in total. The number of halogens is 1. The topological polar surface area (TPSA) is 46.2 Å². The Bertz CT molecular complexity index is 285. The van der Waals surface area contributed by atoms with Gasteiger partial charge in [0.2, 0.25) is 0 Å². The molecule has 1 rings (SSSR count). The van der Waals surface area contributed by atoms with Gasteiger partial charge in [0.25, 0.3) is 0 Å². The summed E-state index contributed by atoms with van der Waals surface area (Å²) in [6.07, 6.45) is 0. The highest BCUT2D eigenvalue weighted by molar-refractivity contribution is 7.10. The van der Waals surface area contributed by atoms with Gasteiger partial charge in [0.15, 0.2) is 0 Å². The van der Waals surface area contributed by atoms with E-state index in [1.165, 1.54) is 10.4 Å². The summed E-state index contributed by atoms with van der Waals surface area (Å²) in [5, 5.41) is 11.2. The SMILES string of the molecule is Cc1ccsc1[C@H](N)C(C)(C)CO.Cl. The first-order valence-corrected chi connectivity index (χ1v) is 5.27. The minimum absolute atomic E-state index is 0. The molecule has 0 bridgehead atoms. The van der Waals surface area contributed by atoms with Crippen LogP contribution in [0.5, 0.6) is 0 Å². The fourth-order valence-electron chi connectivity index (χ4n) is 1.16. The van der Waals surface area contributed by atoms with Crippen molar-refractivity contribution in [1.82, 2.24) is 0 Å². The van der Waals surface area contributed by atoms with E-state index < -0.39 is 0 Å². The number of nitrogens with two attached hydrogens (primary N) is 1. The molecule has 0 aliphatic carbocycles. The molecule has 0 saturated heterocycles. The molecule has 0 spiro atoms. The zero-order chi connectivity index (χ0) is 10.1. The van der Waals surface area contributed by atoms with Gasteiger partial charge >= 0.3 is 0 Å². The summed E-state index contributed by atoms with van der Waals surface area (Å²) >= 11 is 1.66. The maximum Gasteiger partial charge on any atom is 0.0500 e. The second-order valence-electron chi connectivity index (χ2n) is 4.09. The molecule has 0 aliphatic heterocycles. The predicted octanol–water partition coefficient (Wildman–Crippen LogP) is 2.50. The molecule has 3 N–H and O–H groups in total. The Hall–Kier alpha value is -0.0900. The highest BCUT2D eigenvalue weighted by atomic mass is 35.5. The zero-order valence-electron chi connectivity index (χ0n) is 8.78. The van der Waals surface area contributed by atoms with Crippen LogP contribution in [0.3, 0.4) is 0 Å². The van der Waals surface area contributed by atoms with Crippen molar-refractivity contribution in [3.8, 4) is 0 Å². The maximum absolute atomic E-state index is 9.18. The van der Waals surface area contributed by atoms with Crippen molar-refractivity contribution < 1.29 is 5.11 Å². The van der Waals surface area contributed by atoms with E-state index in [4.69, 9.17) is 5.73 Å². The van der Waals surface area contributed by atoms with Gasteiger partial charge in [0, 0.05) is 16.3 Å². The Morgan fingerprint density at radius 1 is 1.57 bits per heavy atom. The monoisotopic (exact) mass is 235 g/mol. The molecule has 0 aromatic carbocycles. The van der Waals surface area contributed by atoms with Gasteiger partial charge in [0.1, 0.15) is 0 Å². The Labute approximate surface area is 95.5 Å². The van der Waals surface area contributed by atoms with Crippen molar-refractivity contribution in [2.24, 2.45) is 11.1 Å². The predicted molar refractivity (Wildman–Crippen MR) is 64.1 cm³/mol. The van der Waals surface area contributed by atoms with Crippen LogP contribution in [0.2, 0.25) is 0 Å². The fraction of sp³-hybridized carbons (Fsp3) is 0.600. The Morgan fingerprint density at radius 3 is 2.50 bits per heavy atom. The zero-order valence-corrected chi connectivity index (χ0v) is 10.4. The number of aryl methyl sites for hydroxylation is 1. The van der Waals surface area contributed by atoms with E-state index in [2.05, 4.69) is 13.0 Å². The molecular weight excluding hydrogens is 218 g/mol. The Kier molecular flexibility index (Phi) is 5.09. The maximum atomic E-state index is 9.18. The molecule has 0 amide bonds. The second-order valence-corrected chi connectivity index (χ2v) is 5.04. The highest BCUT2D eigenvalue weighted by Crippen LogP contribution is 2.34. The molecule has 1 aromatic heterocycles. The largest absolute Gasteiger partial charge is 0.396 e. The van der Waals surface area contributed by atoms with Crippen molar-refractivity contribution in [2.45, 2.75) is 26.8 Å². The van der Waals surface area contributed by atoms with E-state index >= 15 is 0 Å². The highest BCUT2D eigenvalue weighted by Gasteiger charge is 2.28. The summed E-state index contributed by atoms with van der Waals surface area (Å²) in [7, 11) is 0. The minimum atomic E-state index is -0.240. The smallest absolute Gasteiger partial charge is 0.0500 e. The van der Waals surface area contributed by atoms with Gasteiger partial charge in [-0.15, -0.1) is 23.7 Å². The van der Waals surface area contributed by atoms with Gasteiger partial charge in [-0.2, -0.15) is 0 Å². The van der Waals surface area contributed by atoms with Crippen LogP contribution in [0.15, 0.2) is 11.4 Å². The van der Waals surface area contributed by atoms with Gasteiger partial charge < -0.3 is 10.8 Å². The van der Waals surface area contributed by atoms with Crippen LogP contribution in [-0.4, -0.2) is 11.7 Å². The van der Waals surface area contributed by atoms with E-state index in [-0.39, 0.29) is 30.5 Å². The lowest BCUT2D eigenvalue weighted by Crippen LogP contribution is -2.32. The lowest BCUT2D eigenvalue weighted by atomic mass is 9.84. The molecule has 4 heteroatoms. The molecule has 82 valence electrons. The van der Waals surface area contributed by atoms with Crippen LogP contribution in [0, 0.1) is 12.3 Å². The summed E-state index contributed by atoms with van der Waals surface area (Å²) in [6, 6.07) is 1.99. The second kappa shape index (κ2) is 5.12. The number of aliphatic hydroxyl groups is 1. The van der Waals surface area contributed by atoms with E-state index in [9.17, 15) is 5.11 Å². The van der Waals surface area contributed by atoms with Crippen LogP contribution >= 0.6 is 23.7 Å². The molecule has 0 radical (unpaired) electrons. The van der Waals surface area contributed by atoms with E-state index in [0.717, 1.165) is 0 Å². The van der Waals surface area contributed by atoms with Gasteiger partial charge in [0.05, 0.1) is 6.61 Å². The normalized spacial score (nSPS) is 13.5. The van der Waals surface area contributed by atoms with Crippen LogP contribution in [-0.2, 0) is 0 Å². The number of aliphatic hydroxyl groups excluding tert-OH is 1. The molecule has 1 heterocycles. The third-order valence-electron chi connectivity index (χ3n) is 2.43. The molecule has 0 aliphatic rings. The third kappa shape index (κ3) is 2.70. The van der Waals surface area contributed by atoms with Crippen molar-refractivity contribution in [3.63, 3.8) is 0 Å². The van der Waals surface area contributed by atoms with Crippen molar-refractivity contribution in [3.05, 3.63) is 21.9 Å². The number of hydrogen-bond donors (Lipinski definition) is 2. The molecular formula is C10H18ClNOS. The van der Waals surface area contributed by atoms with Crippen molar-refractivity contribution in [2.75, 3.05) is 6.61 Å². The van der Waals surface area contributed by atoms with E-state index in [0.29, 0.717) is 0 Å². The molecule has 0 fully saturated rings. The molecule has 0 saturated carbocycles. The molecule has 1 atom stereocenters. The first kappa shape index (κ1) is 13.9. The summed E-state index contributed by atoms with van der Waals surface area (Å²) in [5.74, 6) is 0. The van der Waals surface area contributed by atoms with Crippen LogP contribution in [0.25, 0.3) is 0 Å². The fourth-order valence-corrected chi connectivity index (χ4v) is 2.29. The number of hydrogen-bond acceptors (Lipinski definition) is 3. The lowest BCUT2D eigenvalue weighted by Gasteiger charge is -2.29. The Balaban J connectivity index is 0.00000169. The van der Waals surface area contributed by atoms with Crippen LogP contribution < -0.4 is 5.73 Å². The summed E-state index contributed by atoms with van der Waals surface area (Å²) < 4.78 is 0. The average Bonchev–Trinajstić information content (AvgIpc) is 2.50. The first-order chi connectivity index (χ1) is 5.99. The third-order valence-corrected chi connectivity index (χ3v) is 3.54.